The largest absolute Gasteiger partial charge is 0.393 e. The molecule has 1 aliphatic rings. The zero-order valence-corrected chi connectivity index (χ0v) is 9.50. The first-order valence-corrected chi connectivity index (χ1v) is 5.74. The van der Waals surface area contributed by atoms with Crippen LogP contribution in [0.2, 0.25) is 0 Å². The van der Waals surface area contributed by atoms with Gasteiger partial charge in [-0.05, 0) is 25.8 Å². The maximum absolute atomic E-state index is 9.67. The van der Waals surface area contributed by atoms with Crippen LogP contribution in [0.4, 0.5) is 5.82 Å². The monoisotopic (exact) mass is 222 g/mol. The van der Waals surface area contributed by atoms with E-state index in [0.717, 1.165) is 37.3 Å². The van der Waals surface area contributed by atoms with Gasteiger partial charge in [0, 0.05) is 24.8 Å². The number of pyridine rings is 1. The van der Waals surface area contributed by atoms with E-state index >= 15 is 0 Å². The van der Waals surface area contributed by atoms with Gasteiger partial charge in [-0.15, -0.1) is 0 Å². The molecule has 1 unspecified atom stereocenters. The Morgan fingerprint density at radius 3 is 2.75 bits per heavy atom. The first kappa shape index (κ1) is 11.4. The van der Waals surface area contributed by atoms with Crippen LogP contribution in [0.25, 0.3) is 0 Å². The van der Waals surface area contributed by atoms with Crippen LogP contribution in [0.3, 0.4) is 0 Å². The second-order valence-electron chi connectivity index (χ2n) is 4.31. The lowest BCUT2D eigenvalue weighted by Gasteiger charge is -2.32. The van der Waals surface area contributed by atoms with Crippen LogP contribution in [0, 0.1) is 0 Å². The fourth-order valence-electron chi connectivity index (χ4n) is 2.08. The average molecular weight is 222 g/mol. The highest BCUT2D eigenvalue weighted by atomic mass is 16.3. The number of nitrogens with zero attached hydrogens (tertiary/aromatic N) is 2. The van der Waals surface area contributed by atoms with Crippen LogP contribution >= 0.6 is 0 Å². The summed E-state index contributed by atoms with van der Waals surface area (Å²) in [6.45, 7) is 3.36. The van der Waals surface area contributed by atoms with Crippen LogP contribution < -0.4 is 4.90 Å². The molecule has 0 radical (unpaired) electrons. The summed E-state index contributed by atoms with van der Waals surface area (Å²) in [4.78, 5) is 6.47. The molecule has 1 saturated heterocycles. The van der Waals surface area contributed by atoms with Crippen LogP contribution in [0.5, 0.6) is 0 Å². The third kappa shape index (κ3) is 2.33. The van der Waals surface area contributed by atoms with Crippen molar-refractivity contribution in [3.05, 3.63) is 23.9 Å². The van der Waals surface area contributed by atoms with Crippen molar-refractivity contribution in [1.29, 1.82) is 0 Å². The van der Waals surface area contributed by atoms with Crippen molar-refractivity contribution in [1.82, 2.24) is 4.98 Å². The first-order valence-electron chi connectivity index (χ1n) is 5.74. The molecule has 88 valence electrons. The molecule has 2 heterocycles. The molecule has 1 atom stereocenters. The minimum Gasteiger partial charge on any atom is -0.393 e. The van der Waals surface area contributed by atoms with E-state index in [1.165, 1.54) is 0 Å². The van der Waals surface area contributed by atoms with Crippen molar-refractivity contribution in [3.63, 3.8) is 0 Å². The highest BCUT2D eigenvalue weighted by molar-refractivity contribution is 5.48. The van der Waals surface area contributed by atoms with Crippen molar-refractivity contribution in [2.24, 2.45) is 0 Å². The Morgan fingerprint density at radius 1 is 1.44 bits per heavy atom. The third-order valence-electron chi connectivity index (χ3n) is 3.03. The highest BCUT2D eigenvalue weighted by Gasteiger charge is 2.21. The van der Waals surface area contributed by atoms with Crippen LogP contribution in [-0.4, -0.2) is 34.4 Å². The fourth-order valence-corrected chi connectivity index (χ4v) is 2.08. The molecule has 0 spiro atoms. The number of hydrogen-bond acceptors (Lipinski definition) is 4. The standard InChI is InChI=1S/C12H18N2O2/c1-9(15)11-3-2-6-13-12(11)14-7-4-10(16)5-8-14/h2-3,6,9-10,15-16H,4-5,7-8H2,1H3. The molecule has 1 aliphatic heterocycles. The van der Waals surface area contributed by atoms with Crippen molar-refractivity contribution in [2.45, 2.75) is 32.0 Å². The molecule has 0 bridgehead atoms. The van der Waals surface area contributed by atoms with Gasteiger partial charge < -0.3 is 15.1 Å². The molecule has 1 fully saturated rings. The molecule has 4 nitrogen and oxygen atoms in total. The number of aromatic nitrogens is 1. The molecule has 2 rings (SSSR count). The molecule has 4 heteroatoms. The summed E-state index contributed by atoms with van der Waals surface area (Å²) in [5, 5.41) is 19.1. The second kappa shape index (κ2) is 4.80. The molecule has 2 N–H and O–H groups in total. The van der Waals surface area contributed by atoms with E-state index in [9.17, 15) is 10.2 Å². The SMILES string of the molecule is CC(O)c1cccnc1N1CCC(O)CC1. The Labute approximate surface area is 95.5 Å². The number of hydrogen-bond donors (Lipinski definition) is 2. The second-order valence-corrected chi connectivity index (χ2v) is 4.31. The lowest BCUT2D eigenvalue weighted by Crippen LogP contribution is -2.37. The van der Waals surface area contributed by atoms with E-state index in [1.54, 1.807) is 13.1 Å². The Hall–Kier alpha value is -1.13. The van der Waals surface area contributed by atoms with Gasteiger partial charge >= 0.3 is 0 Å². The highest BCUT2D eigenvalue weighted by Crippen LogP contribution is 2.26. The zero-order chi connectivity index (χ0) is 11.5. The maximum atomic E-state index is 9.67. The van der Waals surface area contributed by atoms with Gasteiger partial charge in [0.15, 0.2) is 0 Å². The van der Waals surface area contributed by atoms with Crippen molar-refractivity contribution in [3.8, 4) is 0 Å². The van der Waals surface area contributed by atoms with Crippen LogP contribution in [0.15, 0.2) is 18.3 Å². The van der Waals surface area contributed by atoms with Crippen LogP contribution in [0.1, 0.15) is 31.4 Å². The van der Waals surface area contributed by atoms with E-state index in [2.05, 4.69) is 9.88 Å². The number of anilines is 1. The van der Waals surface area contributed by atoms with E-state index in [4.69, 9.17) is 0 Å². The molecule has 0 amide bonds. The number of rotatable bonds is 2. The van der Waals surface area contributed by atoms with E-state index < -0.39 is 6.10 Å². The van der Waals surface area contributed by atoms with Gasteiger partial charge in [0.05, 0.1) is 12.2 Å². The van der Waals surface area contributed by atoms with Crippen molar-refractivity contribution >= 4 is 5.82 Å². The zero-order valence-electron chi connectivity index (χ0n) is 9.50. The molecular weight excluding hydrogens is 204 g/mol. The summed E-state index contributed by atoms with van der Waals surface area (Å²) in [5.74, 6) is 0.851. The summed E-state index contributed by atoms with van der Waals surface area (Å²) >= 11 is 0. The van der Waals surface area contributed by atoms with Crippen molar-refractivity contribution in [2.75, 3.05) is 18.0 Å². The predicted molar refractivity (Wildman–Crippen MR) is 62.3 cm³/mol. The smallest absolute Gasteiger partial charge is 0.134 e. The topological polar surface area (TPSA) is 56.6 Å². The molecule has 0 aliphatic carbocycles. The van der Waals surface area contributed by atoms with Crippen molar-refractivity contribution < 1.29 is 10.2 Å². The molecule has 0 aromatic carbocycles. The minimum absolute atomic E-state index is 0.185. The third-order valence-corrected chi connectivity index (χ3v) is 3.03. The number of aliphatic hydroxyl groups is 2. The van der Waals surface area contributed by atoms with E-state index in [0.29, 0.717) is 0 Å². The number of piperidine rings is 1. The van der Waals surface area contributed by atoms with E-state index in [1.807, 2.05) is 12.1 Å². The van der Waals surface area contributed by atoms with Gasteiger partial charge in [0.2, 0.25) is 0 Å². The predicted octanol–water partition coefficient (Wildman–Crippen LogP) is 1.10. The van der Waals surface area contributed by atoms with E-state index in [-0.39, 0.29) is 6.10 Å². The van der Waals surface area contributed by atoms with Gasteiger partial charge in [-0.25, -0.2) is 4.98 Å². The van der Waals surface area contributed by atoms with Gasteiger partial charge in [-0.1, -0.05) is 6.07 Å². The van der Waals surface area contributed by atoms with Gasteiger partial charge in [0.1, 0.15) is 5.82 Å². The minimum atomic E-state index is -0.504. The van der Waals surface area contributed by atoms with Crippen LogP contribution in [-0.2, 0) is 0 Å². The Bertz CT molecular complexity index is 347. The first-order chi connectivity index (χ1) is 7.68. The summed E-state index contributed by atoms with van der Waals surface area (Å²) in [6.07, 6.45) is 2.60. The average Bonchev–Trinajstić information content (AvgIpc) is 2.30. The lowest BCUT2D eigenvalue weighted by atomic mass is 10.1. The molecular formula is C12H18N2O2. The normalized spacial score (nSPS) is 19.8. The molecule has 16 heavy (non-hydrogen) atoms. The van der Waals surface area contributed by atoms with Gasteiger partial charge in [0.25, 0.3) is 0 Å². The summed E-state index contributed by atoms with van der Waals surface area (Å²) in [7, 11) is 0. The fraction of sp³-hybridized carbons (Fsp3) is 0.583. The Morgan fingerprint density at radius 2 is 2.12 bits per heavy atom. The summed E-state index contributed by atoms with van der Waals surface area (Å²) in [6, 6.07) is 3.74. The Kier molecular flexibility index (Phi) is 3.41. The lowest BCUT2D eigenvalue weighted by molar-refractivity contribution is 0.145. The summed E-state index contributed by atoms with van der Waals surface area (Å²) < 4.78 is 0. The molecule has 1 aromatic heterocycles. The molecule has 0 saturated carbocycles. The summed E-state index contributed by atoms with van der Waals surface area (Å²) in [5.41, 5.74) is 0.860. The quantitative estimate of drug-likeness (QED) is 0.786. The Balaban J connectivity index is 2.19. The molecule has 1 aromatic rings. The maximum Gasteiger partial charge on any atom is 0.134 e. The van der Waals surface area contributed by atoms with Gasteiger partial charge in [-0.2, -0.15) is 0 Å². The number of aliphatic hydroxyl groups excluding tert-OH is 2. The van der Waals surface area contributed by atoms with Gasteiger partial charge in [-0.3, -0.25) is 0 Å².